The Hall–Kier alpha value is -2.69. The van der Waals surface area contributed by atoms with Gasteiger partial charge in [0, 0.05) is 24.9 Å². The summed E-state index contributed by atoms with van der Waals surface area (Å²) in [6.45, 7) is 0.561. The fourth-order valence-electron chi connectivity index (χ4n) is 2.17. The van der Waals surface area contributed by atoms with Crippen molar-refractivity contribution < 1.29 is 4.79 Å². The first-order valence-corrected chi connectivity index (χ1v) is 6.91. The maximum Gasteiger partial charge on any atom is 0.226 e. The van der Waals surface area contributed by atoms with Crippen LogP contribution in [0, 0.1) is 0 Å². The summed E-state index contributed by atoms with van der Waals surface area (Å²) in [4.78, 5) is 23.6. The van der Waals surface area contributed by atoms with E-state index in [0.29, 0.717) is 19.4 Å². The Bertz CT molecular complexity index is 703. The van der Waals surface area contributed by atoms with Crippen LogP contribution in [0.25, 0.3) is 11.0 Å². The summed E-state index contributed by atoms with van der Waals surface area (Å²) >= 11 is 0. The lowest BCUT2D eigenvalue weighted by Gasteiger charge is -2.03. The highest BCUT2D eigenvalue weighted by atomic mass is 16.1. The van der Waals surface area contributed by atoms with Crippen LogP contribution < -0.4 is 5.32 Å². The summed E-state index contributed by atoms with van der Waals surface area (Å²) in [5, 5.41) is 2.89. The summed E-state index contributed by atoms with van der Waals surface area (Å²) in [7, 11) is 0. The van der Waals surface area contributed by atoms with Crippen LogP contribution in [0.4, 0.5) is 0 Å². The van der Waals surface area contributed by atoms with Crippen LogP contribution in [0.3, 0.4) is 0 Å². The van der Waals surface area contributed by atoms with Gasteiger partial charge in [-0.25, -0.2) is 4.98 Å². The minimum absolute atomic E-state index is 0.0233. The minimum atomic E-state index is -0.0233. The van der Waals surface area contributed by atoms with Crippen molar-refractivity contribution in [2.24, 2.45) is 0 Å². The standard InChI is InChI=1S/C16H16N4O/c21-16(11-12-5-3-4-9-17-12)18-10-8-15-19-13-6-1-2-7-14(13)20-15/h1-7,9H,8,10-11H2,(H,18,21)(H,19,20). The molecule has 0 atom stereocenters. The molecule has 21 heavy (non-hydrogen) atoms. The van der Waals surface area contributed by atoms with Crippen LogP contribution in [-0.2, 0) is 17.6 Å². The molecular weight excluding hydrogens is 264 g/mol. The number of carbonyl (C=O) groups excluding carboxylic acids is 1. The number of carbonyl (C=O) groups is 1. The monoisotopic (exact) mass is 280 g/mol. The molecule has 2 heterocycles. The van der Waals surface area contributed by atoms with E-state index in [0.717, 1.165) is 22.6 Å². The van der Waals surface area contributed by atoms with Gasteiger partial charge in [-0.1, -0.05) is 18.2 Å². The van der Waals surface area contributed by atoms with Gasteiger partial charge in [-0.2, -0.15) is 0 Å². The fourth-order valence-corrected chi connectivity index (χ4v) is 2.17. The van der Waals surface area contributed by atoms with Gasteiger partial charge in [0.25, 0.3) is 0 Å². The SMILES string of the molecule is O=C(Cc1ccccn1)NCCc1nc2ccccc2[nH]1. The summed E-state index contributed by atoms with van der Waals surface area (Å²) in [5.41, 5.74) is 2.75. The summed E-state index contributed by atoms with van der Waals surface area (Å²) in [6, 6.07) is 13.5. The molecule has 2 N–H and O–H groups in total. The molecule has 0 unspecified atom stereocenters. The first-order chi connectivity index (χ1) is 10.3. The van der Waals surface area contributed by atoms with Crippen molar-refractivity contribution in [3.05, 3.63) is 60.2 Å². The van der Waals surface area contributed by atoms with Crippen LogP contribution in [-0.4, -0.2) is 27.4 Å². The normalized spacial score (nSPS) is 10.7. The molecule has 1 amide bonds. The molecule has 0 aliphatic carbocycles. The third-order valence-electron chi connectivity index (χ3n) is 3.19. The summed E-state index contributed by atoms with van der Waals surface area (Å²) in [5.74, 6) is 0.860. The zero-order chi connectivity index (χ0) is 14.5. The van der Waals surface area contributed by atoms with E-state index in [1.54, 1.807) is 6.20 Å². The van der Waals surface area contributed by atoms with Crippen LogP contribution >= 0.6 is 0 Å². The second-order valence-corrected chi connectivity index (χ2v) is 4.80. The number of hydrogen-bond acceptors (Lipinski definition) is 3. The van der Waals surface area contributed by atoms with Crippen LogP contribution in [0.15, 0.2) is 48.7 Å². The molecule has 1 aromatic carbocycles. The van der Waals surface area contributed by atoms with Gasteiger partial charge >= 0.3 is 0 Å². The highest BCUT2D eigenvalue weighted by Gasteiger charge is 2.05. The topological polar surface area (TPSA) is 70.7 Å². The summed E-state index contributed by atoms with van der Waals surface area (Å²) < 4.78 is 0. The number of amides is 1. The molecular formula is C16H16N4O. The average Bonchev–Trinajstić information content (AvgIpc) is 2.91. The van der Waals surface area contributed by atoms with E-state index in [2.05, 4.69) is 20.3 Å². The van der Waals surface area contributed by atoms with Crippen molar-refractivity contribution in [2.45, 2.75) is 12.8 Å². The Balaban J connectivity index is 1.50. The maximum atomic E-state index is 11.8. The van der Waals surface area contributed by atoms with E-state index >= 15 is 0 Å². The van der Waals surface area contributed by atoms with Gasteiger partial charge in [0.2, 0.25) is 5.91 Å². The van der Waals surface area contributed by atoms with E-state index in [9.17, 15) is 4.79 Å². The van der Waals surface area contributed by atoms with E-state index < -0.39 is 0 Å². The van der Waals surface area contributed by atoms with E-state index in [4.69, 9.17) is 0 Å². The molecule has 2 aromatic heterocycles. The van der Waals surface area contributed by atoms with Gasteiger partial charge < -0.3 is 10.3 Å². The number of pyridine rings is 1. The minimum Gasteiger partial charge on any atom is -0.355 e. The molecule has 106 valence electrons. The number of nitrogens with zero attached hydrogens (tertiary/aromatic N) is 2. The molecule has 0 radical (unpaired) electrons. The zero-order valence-corrected chi connectivity index (χ0v) is 11.5. The van der Waals surface area contributed by atoms with Gasteiger partial charge in [0.15, 0.2) is 0 Å². The second kappa shape index (κ2) is 6.17. The number of H-pyrrole nitrogens is 1. The molecule has 3 rings (SSSR count). The van der Waals surface area contributed by atoms with Crippen molar-refractivity contribution in [1.82, 2.24) is 20.3 Å². The van der Waals surface area contributed by atoms with E-state index in [1.165, 1.54) is 0 Å². The Morgan fingerprint density at radius 1 is 1.14 bits per heavy atom. The Labute approximate surface area is 122 Å². The molecule has 0 bridgehead atoms. The van der Waals surface area contributed by atoms with Crippen LogP contribution in [0.5, 0.6) is 0 Å². The van der Waals surface area contributed by atoms with Gasteiger partial charge in [-0.3, -0.25) is 9.78 Å². The highest BCUT2D eigenvalue weighted by molar-refractivity contribution is 5.78. The fraction of sp³-hybridized carbons (Fsp3) is 0.188. The molecule has 0 aliphatic heterocycles. The highest BCUT2D eigenvalue weighted by Crippen LogP contribution is 2.10. The molecule has 5 heteroatoms. The lowest BCUT2D eigenvalue weighted by atomic mass is 10.2. The maximum absolute atomic E-state index is 11.8. The third kappa shape index (κ3) is 3.45. The predicted octanol–water partition coefficient (Wildman–Crippen LogP) is 1.86. The summed E-state index contributed by atoms with van der Waals surface area (Å²) in [6.07, 6.45) is 2.68. The van der Waals surface area contributed by atoms with Crippen LogP contribution in [0.2, 0.25) is 0 Å². The Kier molecular flexibility index (Phi) is 3.91. The van der Waals surface area contributed by atoms with Crippen molar-refractivity contribution in [3.63, 3.8) is 0 Å². The first-order valence-electron chi connectivity index (χ1n) is 6.91. The van der Waals surface area contributed by atoms with E-state index in [1.807, 2.05) is 42.5 Å². The largest absolute Gasteiger partial charge is 0.355 e. The zero-order valence-electron chi connectivity index (χ0n) is 11.5. The number of imidazole rings is 1. The number of nitrogens with one attached hydrogen (secondary N) is 2. The smallest absolute Gasteiger partial charge is 0.226 e. The molecule has 0 saturated heterocycles. The number of aromatic nitrogens is 3. The molecule has 3 aromatic rings. The van der Waals surface area contributed by atoms with Gasteiger partial charge in [0.05, 0.1) is 17.5 Å². The molecule has 0 saturated carbocycles. The van der Waals surface area contributed by atoms with Crippen molar-refractivity contribution >= 4 is 16.9 Å². The first kappa shape index (κ1) is 13.3. The van der Waals surface area contributed by atoms with Crippen molar-refractivity contribution in [1.29, 1.82) is 0 Å². The number of aromatic amines is 1. The van der Waals surface area contributed by atoms with Crippen molar-refractivity contribution in [2.75, 3.05) is 6.54 Å². The predicted molar refractivity (Wildman–Crippen MR) is 80.7 cm³/mol. The third-order valence-corrected chi connectivity index (χ3v) is 3.19. The van der Waals surface area contributed by atoms with E-state index in [-0.39, 0.29) is 5.91 Å². The van der Waals surface area contributed by atoms with Gasteiger partial charge in [0.1, 0.15) is 5.82 Å². The number of para-hydroxylation sites is 2. The number of hydrogen-bond donors (Lipinski definition) is 2. The molecule has 0 fully saturated rings. The van der Waals surface area contributed by atoms with Gasteiger partial charge in [-0.15, -0.1) is 0 Å². The molecule has 0 aliphatic rings. The van der Waals surface area contributed by atoms with Gasteiger partial charge in [-0.05, 0) is 24.3 Å². The quantitative estimate of drug-likeness (QED) is 0.749. The number of rotatable bonds is 5. The van der Waals surface area contributed by atoms with Crippen molar-refractivity contribution in [3.8, 4) is 0 Å². The Morgan fingerprint density at radius 3 is 2.81 bits per heavy atom. The average molecular weight is 280 g/mol. The number of fused-ring (bicyclic) bond motifs is 1. The second-order valence-electron chi connectivity index (χ2n) is 4.80. The molecule has 5 nitrogen and oxygen atoms in total. The Morgan fingerprint density at radius 2 is 2.00 bits per heavy atom. The number of benzene rings is 1. The lowest BCUT2D eigenvalue weighted by molar-refractivity contribution is -0.120. The van der Waals surface area contributed by atoms with Crippen LogP contribution in [0.1, 0.15) is 11.5 Å². The molecule has 0 spiro atoms. The lowest BCUT2D eigenvalue weighted by Crippen LogP contribution is -2.27.